The molecule has 3 aromatic heterocycles. The highest BCUT2D eigenvalue weighted by Gasteiger charge is 2.26. The van der Waals surface area contributed by atoms with E-state index in [4.69, 9.17) is 4.74 Å². The summed E-state index contributed by atoms with van der Waals surface area (Å²) in [5.41, 5.74) is 3.75. The Morgan fingerprint density at radius 1 is 1.17 bits per heavy atom. The summed E-state index contributed by atoms with van der Waals surface area (Å²) in [5, 5.41) is 4.37. The summed E-state index contributed by atoms with van der Waals surface area (Å²) in [5.74, 6) is 0.769. The number of fused-ring (bicyclic) bond motifs is 1. The zero-order valence-corrected chi connectivity index (χ0v) is 17.9. The molecule has 0 bridgehead atoms. The Hall–Kier alpha value is -3.16. The molecular formula is C22H28N6O2. The lowest BCUT2D eigenvalue weighted by molar-refractivity contribution is 0.0663. The highest BCUT2D eigenvalue weighted by atomic mass is 16.6. The van der Waals surface area contributed by atoms with Crippen molar-refractivity contribution in [2.75, 3.05) is 18.4 Å². The van der Waals surface area contributed by atoms with Gasteiger partial charge in [0.1, 0.15) is 17.8 Å². The van der Waals surface area contributed by atoms with Crippen molar-refractivity contribution in [3.05, 3.63) is 42.1 Å². The van der Waals surface area contributed by atoms with Gasteiger partial charge in [0, 0.05) is 31.0 Å². The van der Waals surface area contributed by atoms with Crippen LogP contribution in [0.2, 0.25) is 0 Å². The second-order valence-corrected chi connectivity index (χ2v) is 8.04. The molecule has 1 fully saturated rings. The Kier molecular flexibility index (Phi) is 5.57. The Labute approximate surface area is 176 Å². The Morgan fingerprint density at radius 2 is 1.93 bits per heavy atom. The van der Waals surface area contributed by atoms with Crippen molar-refractivity contribution in [2.24, 2.45) is 0 Å². The Bertz CT molecular complexity index is 1050. The van der Waals surface area contributed by atoms with Gasteiger partial charge in [0.25, 0.3) is 0 Å². The van der Waals surface area contributed by atoms with E-state index in [0.29, 0.717) is 13.1 Å². The van der Waals surface area contributed by atoms with E-state index in [0.717, 1.165) is 46.8 Å². The van der Waals surface area contributed by atoms with Gasteiger partial charge >= 0.3 is 6.09 Å². The average molecular weight is 409 g/mol. The molecule has 0 spiro atoms. The van der Waals surface area contributed by atoms with Crippen LogP contribution in [0.1, 0.15) is 44.1 Å². The fourth-order valence-electron chi connectivity index (χ4n) is 3.91. The van der Waals surface area contributed by atoms with E-state index in [2.05, 4.69) is 31.0 Å². The maximum absolute atomic E-state index is 12.1. The first-order valence-electron chi connectivity index (χ1n) is 10.4. The van der Waals surface area contributed by atoms with Crippen molar-refractivity contribution in [3.8, 4) is 0 Å². The standard InChI is InChI=1S/C22H28N6O2/c1-14(2)30-22(29)27-10-7-17(8-11-27)28-12-9-18-20(23-13-24-21(18)28)26-19-6-5-15(3)25-16(19)4/h5-6,9,12-14,17H,7-8,10-11H2,1-4H3,(H,23,24,26). The smallest absolute Gasteiger partial charge is 0.410 e. The topological polar surface area (TPSA) is 85.2 Å². The molecule has 1 N–H and O–H groups in total. The maximum Gasteiger partial charge on any atom is 0.410 e. The van der Waals surface area contributed by atoms with Crippen LogP contribution in [0.4, 0.5) is 16.3 Å². The quantitative estimate of drug-likeness (QED) is 0.690. The van der Waals surface area contributed by atoms with Gasteiger partial charge in [0.15, 0.2) is 0 Å². The van der Waals surface area contributed by atoms with Gasteiger partial charge in [-0.05, 0) is 58.7 Å². The van der Waals surface area contributed by atoms with Crippen LogP contribution in [0.25, 0.3) is 11.0 Å². The van der Waals surface area contributed by atoms with Crippen molar-refractivity contribution in [2.45, 2.75) is 52.7 Å². The summed E-state index contributed by atoms with van der Waals surface area (Å²) in [6, 6.07) is 6.34. The van der Waals surface area contributed by atoms with E-state index >= 15 is 0 Å². The van der Waals surface area contributed by atoms with Gasteiger partial charge < -0.3 is 19.5 Å². The predicted molar refractivity (Wildman–Crippen MR) is 116 cm³/mol. The molecule has 158 valence electrons. The molecule has 4 heterocycles. The molecule has 8 heteroatoms. The minimum absolute atomic E-state index is 0.0985. The zero-order chi connectivity index (χ0) is 21.3. The highest BCUT2D eigenvalue weighted by molar-refractivity contribution is 5.89. The van der Waals surface area contributed by atoms with E-state index in [1.54, 1.807) is 11.2 Å². The van der Waals surface area contributed by atoms with Crippen LogP contribution in [0.3, 0.4) is 0 Å². The number of hydrogen-bond donors (Lipinski definition) is 1. The lowest BCUT2D eigenvalue weighted by atomic mass is 10.1. The van der Waals surface area contributed by atoms with Crippen LogP contribution >= 0.6 is 0 Å². The minimum atomic E-state index is -0.225. The summed E-state index contributed by atoms with van der Waals surface area (Å²) in [6.07, 6.45) is 5.07. The van der Waals surface area contributed by atoms with E-state index in [1.165, 1.54) is 0 Å². The summed E-state index contributed by atoms with van der Waals surface area (Å²) in [6.45, 7) is 9.07. The van der Waals surface area contributed by atoms with Gasteiger partial charge in [0.05, 0.1) is 22.9 Å². The first-order chi connectivity index (χ1) is 14.4. The normalized spacial score (nSPS) is 15.0. The van der Waals surface area contributed by atoms with Gasteiger partial charge in [-0.3, -0.25) is 4.98 Å². The third-order valence-electron chi connectivity index (χ3n) is 5.44. The molecule has 8 nitrogen and oxygen atoms in total. The number of carbonyl (C=O) groups excluding carboxylic acids is 1. The van der Waals surface area contributed by atoms with Crippen LogP contribution in [0.15, 0.2) is 30.7 Å². The fraction of sp³-hybridized carbons (Fsp3) is 0.455. The first kappa shape index (κ1) is 20.1. The number of anilines is 2. The van der Waals surface area contributed by atoms with Crippen molar-refractivity contribution in [3.63, 3.8) is 0 Å². The fourth-order valence-corrected chi connectivity index (χ4v) is 3.91. The van der Waals surface area contributed by atoms with E-state index in [-0.39, 0.29) is 18.2 Å². The third-order valence-corrected chi connectivity index (χ3v) is 5.44. The number of piperidine rings is 1. The molecule has 1 aliphatic heterocycles. The molecule has 1 aliphatic rings. The van der Waals surface area contributed by atoms with E-state index in [1.807, 2.05) is 45.9 Å². The number of nitrogens with one attached hydrogen (secondary N) is 1. The predicted octanol–water partition coefficient (Wildman–Crippen LogP) is 4.37. The number of nitrogens with zero attached hydrogens (tertiary/aromatic N) is 5. The Balaban J connectivity index is 1.52. The number of carbonyl (C=O) groups is 1. The van der Waals surface area contributed by atoms with Crippen molar-refractivity contribution in [1.29, 1.82) is 0 Å². The number of aryl methyl sites for hydroxylation is 2. The summed E-state index contributed by atoms with van der Waals surface area (Å²) >= 11 is 0. The van der Waals surface area contributed by atoms with Gasteiger partial charge in [-0.25, -0.2) is 14.8 Å². The minimum Gasteiger partial charge on any atom is -0.447 e. The molecular weight excluding hydrogens is 380 g/mol. The van der Waals surface area contributed by atoms with Crippen LogP contribution in [0.5, 0.6) is 0 Å². The molecule has 0 unspecified atom stereocenters. The van der Waals surface area contributed by atoms with Gasteiger partial charge in [0.2, 0.25) is 0 Å². The lowest BCUT2D eigenvalue weighted by Crippen LogP contribution is -2.40. The molecule has 4 rings (SSSR count). The monoisotopic (exact) mass is 408 g/mol. The summed E-state index contributed by atoms with van der Waals surface area (Å²) < 4.78 is 7.52. The number of ether oxygens (including phenoxy) is 1. The molecule has 0 aliphatic carbocycles. The maximum atomic E-state index is 12.1. The number of aromatic nitrogens is 4. The van der Waals surface area contributed by atoms with Crippen molar-refractivity contribution in [1.82, 2.24) is 24.4 Å². The number of likely N-dealkylation sites (tertiary alicyclic amines) is 1. The lowest BCUT2D eigenvalue weighted by Gasteiger charge is -2.32. The molecule has 0 aromatic carbocycles. The highest BCUT2D eigenvalue weighted by Crippen LogP contribution is 2.30. The van der Waals surface area contributed by atoms with Gasteiger partial charge in [-0.1, -0.05) is 0 Å². The summed E-state index contributed by atoms with van der Waals surface area (Å²) in [4.78, 5) is 27.4. The van der Waals surface area contributed by atoms with Gasteiger partial charge in [-0.2, -0.15) is 0 Å². The largest absolute Gasteiger partial charge is 0.447 e. The SMILES string of the molecule is Cc1ccc(Nc2ncnc3c2ccn3C2CCN(C(=O)OC(C)C)CC2)c(C)n1. The van der Waals surface area contributed by atoms with Crippen molar-refractivity contribution >= 4 is 28.6 Å². The van der Waals surface area contributed by atoms with E-state index < -0.39 is 0 Å². The molecule has 30 heavy (non-hydrogen) atoms. The summed E-state index contributed by atoms with van der Waals surface area (Å²) in [7, 11) is 0. The molecule has 3 aromatic rings. The second kappa shape index (κ2) is 8.30. The number of pyridine rings is 1. The Morgan fingerprint density at radius 3 is 2.63 bits per heavy atom. The number of rotatable bonds is 4. The second-order valence-electron chi connectivity index (χ2n) is 8.04. The third kappa shape index (κ3) is 4.08. The first-order valence-corrected chi connectivity index (χ1v) is 10.4. The van der Waals surface area contributed by atoms with Crippen LogP contribution < -0.4 is 5.32 Å². The zero-order valence-electron chi connectivity index (χ0n) is 17.9. The molecule has 0 atom stereocenters. The van der Waals surface area contributed by atoms with Crippen LogP contribution in [0, 0.1) is 13.8 Å². The van der Waals surface area contributed by atoms with Gasteiger partial charge in [-0.15, -0.1) is 0 Å². The molecule has 1 amide bonds. The van der Waals surface area contributed by atoms with Crippen LogP contribution in [-0.4, -0.2) is 49.7 Å². The number of hydrogen-bond acceptors (Lipinski definition) is 6. The molecule has 1 saturated heterocycles. The number of amides is 1. The van der Waals surface area contributed by atoms with E-state index in [9.17, 15) is 4.79 Å². The average Bonchev–Trinajstić information content (AvgIpc) is 3.15. The molecule has 0 saturated carbocycles. The van der Waals surface area contributed by atoms with Crippen molar-refractivity contribution < 1.29 is 9.53 Å². The van der Waals surface area contributed by atoms with Crippen LogP contribution in [-0.2, 0) is 4.74 Å². The molecule has 0 radical (unpaired) electrons.